The van der Waals surface area contributed by atoms with Crippen molar-refractivity contribution in [2.24, 2.45) is 0 Å². The number of nitrogens with zero attached hydrogens (tertiary/aromatic N) is 1. The number of methoxy groups -OCH3 is 1. The quantitative estimate of drug-likeness (QED) is 0.750. The lowest BCUT2D eigenvalue weighted by atomic mass is 10.1. The van der Waals surface area contributed by atoms with Crippen LogP contribution >= 0.6 is 0 Å². The minimum absolute atomic E-state index is 0.0506. The van der Waals surface area contributed by atoms with Crippen LogP contribution in [0.5, 0.6) is 5.75 Å². The molecular weight excluding hydrogens is 306 g/mol. The van der Waals surface area contributed by atoms with Crippen LogP contribution in [0.1, 0.15) is 18.4 Å². The van der Waals surface area contributed by atoms with Crippen LogP contribution in [0.2, 0.25) is 0 Å². The molecule has 0 radical (unpaired) electrons. The Morgan fingerprint density at radius 3 is 2.88 bits per heavy atom. The normalized spacial score (nSPS) is 26.0. The molecule has 0 unspecified atom stereocenters. The molecular formula is C19H25NO4. The molecule has 1 heterocycles. The molecule has 1 aliphatic carbocycles. The number of amides is 1. The summed E-state index contributed by atoms with van der Waals surface area (Å²) in [4.78, 5) is 14.8. The molecule has 1 amide bonds. The van der Waals surface area contributed by atoms with Crippen molar-refractivity contribution in [2.75, 3.05) is 26.9 Å². The van der Waals surface area contributed by atoms with Crippen LogP contribution in [0.15, 0.2) is 36.9 Å². The zero-order valence-electron chi connectivity index (χ0n) is 14.1. The summed E-state index contributed by atoms with van der Waals surface area (Å²) in [6, 6.07) is 7.75. The lowest BCUT2D eigenvalue weighted by Crippen LogP contribution is -2.47. The maximum Gasteiger partial charge on any atom is 0.227 e. The highest BCUT2D eigenvalue weighted by Crippen LogP contribution is 2.32. The lowest BCUT2D eigenvalue weighted by Gasteiger charge is -2.31. The van der Waals surface area contributed by atoms with E-state index in [1.807, 2.05) is 29.2 Å². The van der Waals surface area contributed by atoms with Crippen molar-refractivity contribution < 1.29 is 19.0 Å². The molecule has 2 aliphatic rings. The number of hydrogen-bond acceptors (Lipinski definition) is 4. The zero-order valence-corrected chi connectivity index (χ0v) is 14.1. The number of carbonyl (C=O) groups excluding carboxylic acids is 1. The summed E-state index contributed by atoms with van der Waals surface area (Å²) in [5, 5.41) is 0. The number of ether oxygens (including phenoxy) is 3. The Morgan fingerprint density at radius 2 is 2.17 bits per heavy atom. The summed E-state index contributed by atoms with van der Waals surface area (Å²) in [6.07, 6.45) is 4.05. The van der Waals surface area contributed by atoms with Crippen molar-refractivity contribution in [3.63, 3.8) is 0 Å². The highest BCUT2D eigenvalue weighted by atomic mass is 16.5. The smallest absolute Gasteiger partial charge is 0.227 e. The maximum absolute atomic E-state index is 12.8. The van der Waals surface area contributed by atoms with Crippen molar-refractivity contribution in [1.29, 1.82) is 0 Å². The van der Waals surface area contributed by atoms with E-state index in [2.05, 4.69) is 6.58 Å². The fraction of sp³-hybridized carbons (Fsp3) is 0.526. The van der Waals surface area contributed by atoms with Crippen molar-refractivity contribution in [3.8, 4) is 5.75 Å². The molecule has 5 nitrogen and oxygen atoms in total. The zero-order chi connectivity index (χ0) is 16.9. The van der Waals surface area contributed by atoms with Crippen molar-refractivity contribution in [1.82, 2.24) is 4.90 Å². The first-order valence-corrected chi connectivity index (χ1v) is 8.49. The van der Waals surface area contributed by atoms with E-state index < -0.39 is 0 Å². The summed E-state index contributed by atoms with van der Waals surface area (Å²) >= 11 is 0. The van der Waals surface area contributed by atoms with Gasteiger partial charge in [-0.25, -0.2) is 0 Å². The van der Waals surface area contributed by atoms with Gasteiger partial charge in [-0.3, -0.25) is 4.79 Å². The molecule has 24 heavy (non-hydrogen) atoms. The summed E-state index contributed by atoms with van der Waals surface area (Å²) in [5.41, 5.74) is 0.990. The first-order valence-electron chi connectivity index (χ1n) is 8.49. The number of hydrogen-bond donors (Lipinski definition) is 0. The van der Waals surface area contributed by atoms with Crippen molar-refractivity contribution in [2.45, 2.75) is 37.5 Å². The molecule has 0 aromatic heterocycles. The molecule has 1 aromatic rings. The fourth-order valence-corrected chi connectivity index (χ4v) is 3.62. The summed E-state index contributed by atoms with van der Waals surface area (Å²) in [7, 11) is 1.64. The van der Waals surface area contributed by atoms with Crippen LogP contribution in [0.4, 0.5) is 0 Å². The molecule has 0 spiro atoms. The fourth-order valence-electron chi connectivity index (χ4n) is 3.62. The van der Waals surface area contributed by atoms with E-state index in [1.54, 1.807) is 13.2 Å². The highest BCUT2D eigenvalue weighted by Gasteiger charge is 2.44. The van der Waals surface area contributed by atoms with Crippen LogP contribution in [0, 0.1) is 0 Å². The van der Waals surface area contributed by atoms with Crippen LogP contribution < -0.4 is 4.74 Å². The molecule has 1 saturated heterocycles. The molecule has 1 saturated carbocycles. The van der Waals surface area contributed by atoms with Gasteiger partial charge in [0, 0.05) is 6.54 Å². The Labute approximate surface area is 143 Å². The second kappa shape index (κ2) is 7.81. The molecule has 2 bridgehead atoms. The van der Waals surface area contributed by atoms with Gasteiger partial charge in [0.2, 0.25) is 5.91 Å². The van der Waals surface area contributed by atoms with E-state index >= 15 is 0 Å². The third kappa shape index (κ3) is 3.62. The molecule has 5 heteroatoms. The summed E-state index contributed by atoms with van der Waals surface area (Å²) in [5.74, 6) is 0.925. The molecule has 2 fully saturated rings. The molecule has 3 atom stereocenters. The largest absolute Gasteiger partial charge is 0.497 e. The molecule has 130 valence electrons. The minimum Gasteiger partial charge on any atom is -0.497 e. The van der Waals surface area contributed by atoms with Gasteiger partial charge in [0.25, 0.3) is 0 Å². The highest BCUT2D eigenvalue weighted by molar-refractivity contribution is 5.79. The first-order chi connectivity index (χ1) is 11.7. The third-order valence-corrected chi connectivity index (χ3v) is 4.80. The Kier molecular flexibility index (Phi) is 5.53. The second-order valence-electron chi connectivity index (χ2n) is 6.25. The third-order valence-electron chi connectivity index (χ3n) is 4.80. The van der Waals surface area contributed by atoms with Gasteiger partial charge >= 0.3 is 0 Å². The number of benzene rings is 1. The predicted molar refractivity (Wildman–Crippen MR) is 91.1 cm³/mol. The Morgan fingerprint density at radius 1 is 1.38 bits per heavy atom. The minimum atomic E-state index is -0.0506. The van der Waals surface area contributed by atoms with Gasteiger partial charge < -0.3 is 19.1 Å². The van der Waals surface area contributed by atoms with E-state index in [-0.39, 0.29) is 24.2 Å². The van der Waals surface area contributed by atoms with Gasteiger partial charge in [-0.05, 0) is 30.5 Å². The van der Waals surface area contributed by atoms with Gasteiger partial charge in [0.05, 0.1) is 38.9 Å². The van der Waals surface area contributed by atoms with Gasteiger partial charge in [0.15, 0.2) is 0 Å². The molecule has 1 aliphatic heterocycles. The topological polar surface area (TPSA) is 48.0 Å². The molecule has 1 aromatic carbocycles. The van der Waals surface area contributed by atoms with Crippen molar-refractivity contribution >= 4 is 5.91 Å². The predicted octanol–water partition coefficient (Wildman–Crippen LogP) is 2.20. The number of fused-ring (bicyclic) bond motifs is 2. The SMILES string of the molecule is C=CCO[C@H]1[C@H]2CC[C@H]1OCCN2C(=O)Cc1ccc(OC)cc1. The van der Waals surface area contributed by atoms with Gasteiger partial charge in [-0.15, -0.1) is 6.58 Å². The second-order valence-corrected chi connectivity index (χ2v) is 6.25. The van der Waals surface area contributed by atoms with Gasteiger partial charge in [-0.1, -0.05) is 18.2 Å². The Bertz CT molecular complexity index is 571. The van der Waals surface area contributed by atoms with Crippen molar-refractivity contribution in [3.05, 3.63) is 42.5 Å². The van der Waals surface area contributed by atoms with Crippen LogP contribution in [-0.4, -0.2) is 55.9 Å². The van der Waals surface area contributed by atoms with Gasteiger partial charge in [-0.2, -0.15) is 0 Å². The molecule has 0 N–H and O–H groups in total. The van der Waals surface area contributed by atoms with Crippen LogP contribution in [0.3, 0.4) is 0 Å². The van der Waals surface area contributed by atoms with E-state index in [1.165, 1.54) is 0 Å². The first kappa shape index (κ1) is 17.0. The average molecular weight is 331 g/mol. The lowest BCUT2D eigenvalue weighted by molar-refractivity contribution is -0.134. The average Bonchev–Trinajstić information content (AvgIpc) is 2.88. The number of carbonyl (C=O) groups is 1. The van der Waals surface area contributed by atoms with E-state index in [0.29, 0.717) is 26.2 Å². The Balaban J connectivity index is 1.69. The monoisotopic (exact) mass is 331 g/mol. The molecule has 3 rings (SSSR count). The summed E-state index contributed by atoms with van der Waals surface area (Å²) < 4.78 is 17.0. The maximum atomic E-state index is 12.8. The van der Waals surface area contributed by atoms with E-state index in [4.69, 9.17) is 14.2 Å². The standard InChI is InChI=1S/C19H25NO4/c1-3-11-24-19-16-8-9-17(19)23-12-10-20(16)18(21)13-14-4-6-15(22-2)7-5-14/h3-7,16-17,19H,1,8-13H2,2H3/t16-,17-,19+/m1/s1. The van der Waals surface area contributed by atoms with E-state index in [0.717, 1.165) is 24.2 Å². The van der Waals surface area contributed by atoms with E-state index in [9.17, 15) is 4.79 Å². The van der Waals surface area contributed by atoms with Crippen LogP contribution in [0.25, 0.3) is 0 Å². The van der Waals surface area contributed by atoms with Gasteiger partial charge in [0.1, 0.15) is 11.9 Å². The number of rotatable bonds is 6. The summed E-state index contributed by atoms with van der Waals surface area (Å²) in [6.45, 7) is 5.40. The Hall–Kier alpha value is -1.85. The van der Waals surface area contributed by atoms with Crippen LogP contribution in [-0.2, 0) is 20.7 Å².